The van der Waals surface area contributed by atoms with E-state index >= 15 is 0 Å². The van der Waals surface area contributed by atoms with Crippen LogP contribution in [-0.2, 0) is 9.31 Å². The SMILES string of the molecule is CC1(C)OB(c2ccc(F)c(N)n2)OC1(C)C. The van der Waals surface area contributed by atoms with Gasteiger partial charge in [-0.15, -0.1) is 0 Å². The van der Waals surface area contributed by atoms with E-state index in [2.05, 4.69) is 4.98 Å². The van der Waals surface area contributed by atoms with E-state index in [9.17, 15) is 4.39 Å². The van der Waals surface area contributed by atoms with Gasteiger partial charge < -0.3 is 15.0 Å². The highest BCUT2D eigenvalue weighted by Gasteiger charge is 2.52. The van der Waals surface area contributed by atoms with Crippen LogP contribution in [0.25, 0.3) is 0 Å². The van der Waals surface area contributed by atoms with E-state index in [1.807, 2.05) is 27.7 Å². The van der Waals surface area contributed by atoms with Crippen LogP contribution < -0.4 is 11.3 Å². The Labute approximate surface area is 100 Å². The van der Waals surface area contributed by atoms with Gasteiger partial charge in [0, 0.05) is 0 Å². The van der Waals surface area contributed by atoms with Gasteiger partial charge in [-0.2, -0.15) is 0 Å². The number of nitrogens with zero attached hydrogens (tertiary/aromatic N) is 1. The lowest BCUT2D eigenvalue weighted by molar-refractivity contribution is 0.00578. The van der Waals surface area contributed by atoms with Gasteiger partial charge in [0.15, 0.2) is 11.6 Å². The van der Waals surface area contributed by atoms with Crippen LogP contribution in [0, 0.1) is 5.82 Å². The van der Waals surface area contributed by atoms with E-state index in [0.29, 0.717) is 5.59 Å². The minimum absolute atomic E-state index is 0.141. The molecule has 1 aliphatic heterocycles. The van der Waals surface area contributed by atoms with Gasteiger partial charge >= 0.3 is 7.12 Å². The molecule has 2 N–H and O–H groups in total. The summed E-state index contributed by atoms with van der Waals surface area (Å²) in [6.45, 7) is 7.78. The van der Waals surface area contributed by atoms with Crippen LogP contribution in [0.2, 0.25) is 0 Å². The lowest BCUT2D eigenvalue weighted by Gasteiger charge is -2.32. The summed E-state index contributed by atoms with van der Waals surface area (Å²) in [6.07, 6.45) is 0. The molecule has 0 atom stereocenters. The maximum absolute atomic E-state index is 13.0. The second-order valence-corrected chi connectivity index (χ2v) is 5.19. The molecule has 92 valence electrons. The Morgan fingerprint density at radius 2 is 1.71 bits per heavy atom. The lowest BCUT2D eigenvalue weighted by Crippen LogP contribution is -2.41. The molecule has 1 aromatic heterocycles. The first-order chi connectivity index (χ1) is 7.73. The maximum atomic E-state index is 13.0. The van der Waals surface area contributed by atoms with E-state index in [1.54, 1.807) is 0 Å². The van der Waals surface area contributed by atoms with Gasteiger partial charge in [-0.1, -0.05) is 0 Å². The van der Waals surface area contributed by atoms with Crippen molar-refractivity contribution < 1.29 is 13.7 Å². The zero-order chi connectivity index (χ0) is 12.8. The average Bonchev–Trinajstić information content (AvgIpc) is 2.41. The van der Waals surface area contributed by atoms with Gasteiger partial charge in [0.2, 0.25) is 0 Å². The van der Waals surface area contributed by atoms with Gasteiger partial charge in [-0.25, -0.2) is 9.37 Å². The molecule has 0 aliphatic carbocycles. The van der Waals surface area contributed by atoms with Gasteiger partial charge in [-0.3, -0.25) is 0 Å². The molecule has 1 aromatic rings. The molecule has 0 aromatic carbocycles. The van der Waals surface area contributed by atoms with Crippen LogP contribution in [0.5, 0.6) is 0 Å². The fraction of sp³-hybridized carbons (Fsp3) is 0.545. The molecule has 0 radical (unpaired) electrons. The molecule has 1 fully saturated rings. The Bertz CT molecular complexity index is 435. The van der Waals surface area contributed by atoms with Crippen molar-refractivity contribution in [1.82, 2.24) is 4.98 Å². The standard InChI is InChI=1S/C11H16BFN2O2/c1-10(2)11(3,4)17-12(16-10)8-6-5-7(13)9(14)15-8/h5-6H,1-4H3,(H2,14,15). The number of anilines is 1. The van der Waals surface area contributed by atoms with Crippen LogP contribution >= 0.6 is 0 Å². The van der Waals surface area contributed by atoms with Crippen molar-refractivity contribution in [3.8, 4) is 0 Å². The number of pyridine rings is 1. The Kier molecular flexibility index (Phi) is 2.67. The van der Waals surface area contributed by atoms with Crippen molar-refractivity contribution in [3.05, 3.63) is 17.9 Å². The number of halogens is 1. The zero-order valence-corrected chi connectivity index (χ0v) is 10.5. The summed E-state index contributed by atoms with van der Waals surface area (Å²) in [4.78, 5) is 3.94. The van der Waals surface area contributed by atoms with Gasteiger partial charge in [-0.05, 0) is 39.8 Å². The normalized spacial score (nSPS) is 21.8. The summed E-state index contributed by atoms with van der Waals surface area (Å²) in [5.41, 5.74) is 5.03. The Morgan fingerprint density at radius 1 is 1.18 bits per heavy atom. The number of nitrogens with two attached hydrogens (primary N) is 1. The minimum atomic E-state index is -0.608. The smallest absolute Gasteiger partial charge is 0.398 e. The molecule has 0 saturated carbocycles. The summed E-state index contributed by atoms with van der Waals surface area (Å²) >= 11 is 0. The second kappa shape index (κ2) is 3.68. The maximum Gasteiger partial charge on any atom is 0.514 e. The van der Waals surface area contributed by atoms with Crippen molar-refractivity contribution in [2.75, 3.05) is 5.73 Å². The summed E-state index contributed by atoms with van der Waals surface area (Å²) in [6, 6.07) is 2.79. The Hall–Kier alpha value is -1.14. The van der Waals surface area contributed by atoms with E-state index in [-0.39, 0.29) is 5.82 Å². The molecule has 0 bridgehead atoms. The number of rotatable bonds is 1. The number of hydrogen-bond donors (Lipinski definition) is 1. The van der Waals surface area contributed by atoms with Gasteiger partial charge in [0.05, 0.1) is 16.8 Å². The van der Waals surface area contributed by atoms with E-state index < -0.39 is 24.1 Å². The minimum Gasteiger partial charge on any atom is -0.398 e. The molecule has 2 rings (SSSR count). The average molecular weight is 238 g/mol. The first-order valence-electron chi connectivity index (χ1n) is 5.50. The first-order valence-corrected chi connectivity index (χ1v) is 5.50. The molecule has 6 heteroatoms. The first kappa shape index (κ1) is 12.3. The fourth-order valence-corrected chi connectivity index (χ4v) is 1.57. The topological polar surface area (TPSA) is 57.4 Å². The summed E-state index contributed by atoms with van der Waals surface area (Å²) in [5.74, 6) is -0.678. The third-order valence-corrected chi connectivity index (χ3v) is 3.39. The molecule has 0 amide bonds. The highest BCUT2D eigenvalue weighted by atomic mass is 19.1. The molecule has 1 aliphatic rings. The predicted molar refractivity (Wildman–Crippen MR) is 64.3 cm³/mol. The summed E-state index contributed by atoms with van der Waals surface area (Å²) in [7, 11) is -0.608. The molecule has 0 spiro atoms. The van der Waals surface area contributed by atoms with Crippen molar-refractivity contribution in [2.45, 2.75) is 38.9 Å². The molecule has 2 heterocycles. The quantitative estimate of drug-likeness (QED) is 0.744. The third-order valence-electron chi connectivity index (χ3n) is 3.39. The van der Waals surface area contributed by atoms with Crippen LogP contribution in [0.4, 0.5) is 10.2 Å². The lowest BCUT2D eigenvalue weighted by atomic mass is 9.84. The van der Waals surface area contributed by atoms with Crippen LogP contribution in [0.1, 0.15) is 27.7 Å². The van der Waals surface area contributed by atoms with Crippen molar-refractivity contribution >= 4 is 18.5 Å². The second-order valence-electron chi connectivity index (χ2n) is 5.19. The van der Waals surface area contributed by atoms with E-state index in [4.69, 9.17) is 15.0 Å². The van der Waals surface area contributed by atoms with Gasteiger partial charge in [0.25, 0.3) is 0 Å². The Morgan fingerprint density at radius 3 is 2.18 bits per heavy atom. The summed E-state index contributed by atoms with van der Waals surface area (Å²) < 4.78 is 24.6. The fourth-order valence-electron chi connectivity index (χ4n) is 1.57. The van der Waals surface area contributed by atoms with Crippen molar-refractivity contribution in [3.63, 3.8) is 0 Å². The largest absolute Gasteiger partial charge is 0.514 e. The number of hydrogen-bond acceptors (Lipinski definition) is 4. The predicted octanol–water partition coefficient (Wildman–Crippen LogP) is 1.10. The van der Waals surface area contributed by atoms with Crippen LogP contribution in [0.15, 0.2) is 12.1 Å². The van der Waals surface area contributed by atoms with E-state index in [1.165, 1.54) is 12.1 Å². The van der Waals surface area contributed by atoms with Crippen molar-refractivity contribution in [1.29, 1.82) is 0 Å². The Balaban J connectivity index is 2.29. The number of nitrogen functional groups attached to an aromatic ring is 1. The highest BCUT2D eigenvalue weighted by molar-refractivity contribution is 6.61. The van der Waals surface area contributed by atoms with Gasteiger partial charge in [0.1, 0.15) is 0 Å². The van der Waals surface area contributed by atoms with Crippen LogP contribution in [0.3, 0.4) is 0 Å². The number of aromatic nitrogens is 1. The molecule has 1 saturated heterocycles. The molecule has 4 nitrogen and oxygen atoms in total. The molecule has 17 heavy (non-hydrogen) atoms. The van der Waals surface area contributed by atoms with Crippen LogP contribution in [-0.4, -0.2) is 23.3 Å². The molecular weight excluding hydrogens is 222 g/mol. The highest BCUT2D eigenvalue weighted by Crippen LogP contribution is 2.36. The van der Waals surface area contributed by atoms with E-state index in [0.717, 1.165) is 0 Å². The summed E-state index contributed by atoms with van der Waals surface area (Å²) in [5, 5.41) is 0. The molecular formula is C11H16BFN2O2. The molecule has 0 unspecified atom stereocenters. The monoisotopic (exact) mass is 238 g/mol. The van der Waals surface area contributed by atoms with Crippen molar-refractivity contribution in [2.24, 2.45) is 0 Å². The zero-order valence-electron chi connectivity index (χ0n) is 10.5. The third kappa shape index (κ3) is 2.02.